The summed E-state index contributed by atoms with van der Waals surface area (Å²) in [6.45, 7) is 8.61. The Balaban J connectivity index is 1.58. The lowest BCUT2D eigenvalue weighted by Crippen LogP contribution is -2.57. The van der Waals surface area contributed by atoms with Gasteiger partial charge < -0.3 is 4.74 Å². The number of carbonyl (C=O) groups excluding carboxylic acids is 3. The molecule has 0 spiro atoms. The van der Waals surface area contributed by atoms with Crippen molar-refractivity contribution in [2.24, 2.45) is 40.4 Å². The van der Waals surface area contributed by atoms with Gasteiger partial charge in [0, 0.05) is 37.5 Å². The molecule has 0 N–H and O–H groups in total. The summed E-state index contributed by atoms with van der Waals surface area (Å²) in [5, 5.41) is 0. The molecule has 4 aliphatic rings. The largest absolute Gasteiger partial charge is 0.462 e. The quantitative estimate of drug-likeness (QED) is 0.656. The third kappa shape index (κ3) is 2.89. The second kappa shape index (κ2) is 6.95. The third-order valence-corrected chi connectivity index (χ3v) is 9.53. The Hall–Kier alpha value is -1.19. The molecule has 0 saturated heterocycles. The molecule has 0 amide bonds. The van der Waals surface area contributed by atoms with Crippen LogP contribution in [0.2, 0.25) is 0 Å². The van der Waals surface area contributed by atoms with E-state index >= 15 is 0 Å². The maximum atomic E-state index is 13.1. The number of Topliss-reactive ketones (excluding diaryl/α,β-unsaturated/α-hetero) is 2. The molecule has 0 aromatic carbocycles. The van der Waals surface area contributed by atoms with Gasteiger partial charge in [-0.05, 0) is 67.6 Å². The third-order valence-electron chi connectivity index (χ3n) is 9.53. The number of rotatable bonds is 3. The lowest BCUT2D eigenvalue weighted by Gasteiger charge is -2.59. The maximum absolute atomic E-state index is 13.1. The first kappa shape index (κ1) is 20.1. The van der Waals surface area contributed by atoms with Gasteiger partial charge in [0.25, 0.3) is 0 Å². The van der Waals surface area contributed by atoms with Gasteiger partial charge in [-0.1, -0.05) is 20.8 Å². The Morgan fingerprint density at radius 3 is 2.50 bits per heavy atom. The normalized spacial score (nSPS) is 46.4. The highest BCUT2D eigenvalue weighted by Crippen LogP contribution is 2.67. The predicted octanol–water partition coefficient (Wildman–Crippen LogP) is 4.74. The molecule has 0 unspecified atom stereocenters. The van der Waals surface area contributed by atoms with E-state index in [1.54, 1.807) is 0 Å². The monoisotopic (exact) mass is 388 g/mol. The van der Waals surface area contributed by atoms with Gasteiger partial charge in [-0.25, -0.2) is 0 Å². The fourth-order valence-electron chi connectivity index (χ4n) is 8.02. The summed E-state index contributed by atoms with van der Waals surface area (Å²) < 4.78 is 5.73. The van der Waals surface area contributed by atoms with E-state index in [1.165, 1.54) is 0 Å². The summed E-state index contributed by atoms with van der Waals surface area (Å²) in [6.07, 6.45) is 7.60. The molecule has 4 fully saturated rings. The summed E-state index contributed by atoms with van der Waals surface area (Å²) in [5.41, 5.74) is 0.163. The lowest BCUT2D eigenvalue weighted by atomic mass is 9.44. The van der Waals surface area contributed by atoms with Crippen LogP contribution in [0.4, 0.5) is 0 Å². The molecule has 156 valence electrons. The Morgan fingerprint density at radius 2 is 1.79 bits per heavy atom. The average Bonchev–Trinajstić information content (AvgIpc) is 3.00. The molecular formula is C24H36O4. The Bertz CT molecular complexity index is 684. The van der Waals surface area contributed by atoms with Gasteiger partial charge in [0.2, 0.25) is 0 Å². The van der Waals surface area contributed by atoms with E-state index in [0.29, 0.717) is 55.1 Å². The average molecular weight is 389 g/mol. The SMILES string of the molecule is CCC(=O)O[C@H](C)[C@H]1CC[C@H]2[C@@H]3CC(=O)[C@H]4CC(=O)CC[C@]4(C)[C@H]3CC[C@]12C. The molecule has 0 heterocycles. The fourth-order valence-corrected chi connectivity index (χ4v) is 8.02. The Morgan fingerprint density at radius 1 is 1.07 bits per heavy atom. The van der Waals surface area contributed by atoms with Crippen LogP contribution >= 0.6 is 0 Å². The highest BCUT2D eigenvalue weighted by Gasteiger charge is 2.62. The molecule has 8 atom stereocenters. The van der Waals surface area contributed by atoms with Gasteiger partial charge >= 0.3 is 5.97 Å². The molecule has 0 aliphatic heterocycles. The van der Waals surface area contributed by atoms with Crippen molar-refractivity contribution in [2.45, 2.75) is 91.6 Å². The molecule has 4 aliphatic carbocycles. The van der Waals surface area contributed by atoms with Crippen LogP contribution in [0.25, 0.3) is 0 Å². The van der Waals surface area contributed by atoms with Gasteiger partial charge in [0.1, 0.15) is 17.7 Å². The van der Waals surface area contributed by atoms with Crippen LogP contribution in [-0.2, 0) is 19.1 Å². The zero-order valence-electron chi connectivity index (χ0n) is 18.0. The first-order valence-corrected chi connectivity index (χ1v) is 11.4. The van der Waals surface area contributed by atoms with Gasteiger partial charge in [-0.15, -0.1) is 0 Å². The van der Waals surface area contributed by atoms with E-state index in [1.807, 2.05) is 6.92 Å². The standard InChI is InChI=1S/C24H36O4/c1-5-22(27)28-14(2)17-6-7-18-16-13-21(26)20-12-15(25)8-10-24(20,4)19(16)9-11-23(17,18)3/h14,16-20H,5-13H2,1-4H3/t14-,16+,17-,18+,19+,20-,23-,24-/m1/s1. The van der Waals surface area contributed by atoms with E-state index in [-0.39, 0.29) is 34.6 Å². The Labute approximate surface area is 169 Å². The number of carbonyl (C=O) groups is 3. The molecular weight excluding hydrogens is 352 g/mol. The summed E-state index contributed by atoms with van der Waals surface area (Å²) >= 11 is 0. The minimum atomic E-state index is -0.108. The van der Waals surface area contributed by atoms with Crippen molar-refractivity contribution in [2.75, 3.05) is 0 Å². The number of ketones is 2. The van der Waals surface area contributed by atoms with Crippen LogP contribution in [0, 0.1) is 40.4 Å². The molecule has 4 heteroatoms. The second-order valence-electron chi connectivity index (χ2n) is 10.6. The topological polar surface area (TPSA) is 60.4 Å². The summed E-state index contributed by atoms with van der Waals surface area (Å²) in [4.78, 5) is 37.0. The van der Waals surface area contributed by atoms with Crippen molar-refractivity contribution in [3.8, 4) is 0 Å². The van der Waals surface area contributed by atoms with Crippen molar-refractivity contribution < 1.29 is 19.1 Å². The summed E-state index contributed by atoms with van der Waals surface area (Å²) in [7, 11) is 0. The first-order valence-electron chi connectivity index (χ1n) is 11.4. The van der Waals surface area contributed by atoms with E-state index < -0.39 is 0 Å². The number of esters is 1. The van der Waals surface area contributed by atoms with Crippen LogP contribution in [0.15, 0.2) is 0 Å². The lowest BCUT2D eigenvalue weighted by molar-refractivity contribution is -0.163. The number of hydrogen-bond acceptors (Lipinski definition) is 4. The summed E-state index contributed by atoms with van der Waals surface area (Å²) in [5.74, 6) is 2.41. The van der Waals surface area contributed by atoms with Crippen molar-refractivity contribution in [1.82, 2.24) is 0 Å². The van der Waals surface area contributed by atoms with Gasteiger partial charge in [0.15, 0.2) is 0 Å². The minimum absolute atomic E-state index is 0.00756. The zero-order valence-corrected chi connectivity index (χ0v) is 18.0. The van der Waals surface area contributed by atoms with Crippen LogP contribution in [0.1, 0.15) is 85.5 Å². The second-order valence-corrected chi connectivity index (χ2v) is 10.6. The minimum Gasteiger partial charge on any atom is -0.462 e. The van der Waals surface area contributed by atoms with Crippen molar-refractivity contribution in [3.05, 3.63) is 0 Å². The molecule has 0 radical (unpaired) electrons. The van der Waals surface area contributed by atoms with E-state index in [9.17, 15) is 14.4 Å². The molecule has 4 rings (SSSR count). The van der Waals surface area contributed by atoms with Gasteiger partial charge in [-0.2, -0.15) is 0 Å². The number of ether oxygens (including phenoxy) is 1. The van der Waals surface area contributed by atoms with Crippen LogP contribution in [0.5, 0.6) is 0 Å². The highest BCUT2D eigenvalue weighted by atomic mass is 16.5. The zero-order chi connectivity index (χ0) is 20.3. The molecule has 0 aromatic heterocycles. The molecule has 0 bridgehead atoms. The Kier molecular flexibility index (Phi) is 4.99. The van der Waals surface area contributed by atoms with E-state index in [4.69, 9.17) is 4.74 Å². The van der Waals surface area contributed by atoms with E-state index in [2.05, 4.69) is 20.8 Å². The first-order chi connectivity index (χ1) is 13.2. The smallest absolute Gasteiger partial charge is 0.305 e. The number of hydrogen-bond donors (Lipinski definition) is 0. The van der Waals surface area contributed by atoms with Crippen molar-refractivity contribution >= 4 is 17.5 Å². The number of fused-ring (bicyclic) bond motifs is 5. The van der Waals surface area contributed by atoms with Crippen LogP contribution in [-0.4, -0.2) is 23.6 Å². The van der Waals surface area contributed by atoms with Crippen molar-refractivity contribution in [1.29, 1.82) is 0 Å². The molecule has 4 nitrogen and oxygen atoms in total. The maximum Gasteiger partial charge on any atom is 0.305 e. The van der Waals surface area contributed by atoms with Crippen molar-refractivity contribution in [3.63, 3.8) is 0 Å². The summed E-state index contributed by atoms with van der Waals surface area (Å²) in [6, 6.07) is 0. The molecule has 4 saturated carbocycles. The van der Waals surface area contributed by atoms with Gasteiger partial charge in [0.05, 0.1) is 0 Å². The van der Waals surface area contributed by atoms with E-state index in [0.717, 1.165) is 32.1 Å². The highest BCUT2D eigenvalue weighted by molar-refractivity contribution is 5.90. The molecule has 28 heavy (non-hydrogen) atoms. The molecule has 0 aromatic rings. The predicted molar refractivity (Wildman–Crippen MR) is 106 cm³/mol. The fraction of sp³-hybridized carbons (Fsp3) is 0.875. The van der Waals surface area contributed by atoms with Crippen LogP contribution < -0.4 is 0 Å². The van der Waals surface area contributed by atoms with Gasteiger partial charge in [-0.3, -0.25) is 14.4 Å². The van der Waals surface area contributed by atoms with Crippen LogP contribution in [0.3, 0.4) is 0 Å².